The number of ether oxygens (including phenoxy) is 1. The van der Waals surface area contributed by atoms with E-state index in [0.717, 1.165) is 42.7 Å². The highest BCUT2D eigenvalue weighted by Crippen LogP contribution is 2.29. The molecular weight excluding hydrogens is 362 g/mol. The molecule has 1 aliphatic rings. The minimum atomic E-state index is -0.441. The molecule has 0 bridgehead atoms. The summed E-state index contributed by atoms with van der Waals surface area (Å²) in [6, 6.07) is 0. The van der Waals surface area contributed by atoms with Gasteiger partial charge < -0.3 is 9.64 Å². The first-order valence-corrected chi connectivity index (χ1v) is 10.9. The number of fused-ring (bicyclic) bond motifs is 1. The summed E-state index contributed by atoms with van der Waals surface area (Å²) >= 11 is 1.44. The normalized spacial score (nSPS) is 14.8. The van der Waals surface area contributed by atoms with Crippen LogP contribution in [0.25, 0.3) is 0 Å². The molecular formula is C20H33N3O3S. The van der Waals surface area contributed by atoms with Crippen molar-refractivity contribution in [2.24, 2.45) is 11.8 Å². The number of rotatable bonds is 9. The van der Waals surface area contributed by atoms with Crippen LogP contribution in [0.3, 0.4) is 0 Å². The largest absolute Gasteiger partial charge is 0.449 e. The predicted octanol–water partition coefficient (Wildman–Crippen LogP) is 4.84. The lowest BCUT2D eigenvalue weighted by Gasteiger charge is -2.26. The van der Waals surface area contributed by atoms with Crippen molar-refractivity contribution >= 4 is 28.5 Å². The Hall–Kier alpha value is -1.63. The van der Waals surface area contributed by atoms with Gasteiger partial charge in [0.1, 0.15) is 0 Å². The topological polar surface area (TPSA) is 71.5 Å². The fraction of sp³-hybridized carbons (Fsp3) is 0.750. The molecule has 1 aromatic heterocycles. The van der Waals surface area contributed by atoms with Crippen molar-refractivity contribution in [1.29, 1.82) is 0 Å². The lowest BCUT2D eigenvalue weighted by molar-refractivity contribution is -0.132. The zero-order valence-electron chi connectivity index (χ0n) is 17.0. The van der Waals surface area contributed by atoms with Crippen LogP contribution >= 0.6 is 11.3 Å². The predicted molar refractivity (Wildman–Crippen MR) is 109 cm³/mol. The number of carbonyl (C=O) groups is 2. The second-order valence-electron chi connectivity index (χ2n) is 7.69. The molecule has 0 aliphatic carbocycles. The second kappa shape index (κ2) is 10.6. The average molecular weight is 396 g/mol. The molecule has 0 spiro atoms. The van der Waals surface area contributed by atoms with Crippen LogP contribution in [0.5, 0.6) is 0 Å². The van der Waals surface area contributed by atoms with E-state index in [1.165, 1.54) is 11.3 Å². The molecule has 2 amide bonds. The van der Waals surface area contributed by atoms with Gasteiger partial charge in [0.15, 0.2) is 5.13 Å². The summed E-state index contributed by atoms with van der Waals surface area (Å²) in [4.78, 5) is 31.8. The number of amides is 2. The highest BCUT2D eigenvalue weighted by molar-refractivity contribution is 7.15. The van der Waals surface area contributed by atoms with Crippen LogP contribution in [0.2, 0.25) is 0 Å². The van der Waals surface area contributed by atoms with Crippen molar-refractivity contribution in [2.75, 3.05) is 18.5 Å². The molecule has 0 saturated heterocycles. The maximum Gasteiger partial charge on any atom is 0.413 e. The number of hydrogen-bond donors (Lipinski definition) is 1. The standard InChI is InChI=1S/C20H33N3O3S/c1-5-7-8-15(6-2)13-26-20(25)22-19-21-16-9-10-23(12-17(16)27-19)18(24)11-14(3)4/h14-15H,5-13H2,1-4H3,(H,21,22,25). The summed E-state index contributed by atoms with van der Waals surface area (Å²) < 4.78 is 5.38. The Morgan fingerprint density at radius 2 is 2.11 bits per heavy atom. The van der Waals surface area contributed by atoms with Gasteiger partial charge in [-0.05, 0) is 18.3 Å². The first-order valence-electron chi connectivity index (χ1n) is 10.1. The number of nitrogens with one attached hydrogen (secondary N) is 1. The van der Waals surface area contributed by atoms with Gasteiger partial charge in [0.25, 0.3) is 0 Å². The quantitative estimate of drug-likeness (QED) is 0.649. The first-order chi connectivity index (χ1) is 12.9. The van der Waals surface area contributed by atoms with Gasteiger partial charge in [0.2, 0.25) is 5.91 Å². The summed E-state index contributed by atoms with van der Waals surface area (Å²) in [5.74, 6) is 0.966. The van der Waals surface area contributed by atoms with Crippen LogP contribution in [-0.4, -0.2) is 35.0 Å². The molecule has 1 atom stereocenters. The molecule has 0 saturated carbocycles. The van der Waals surface area contributed by atoms with Gasteiger partial charge in [-0.25, -0.2) is 9.78 Å². The van der Waals surface area contributed by atoms with Gasteiger partial charge in [0.05, 0.1) is 18.8 Å². The van der Waals surface area contributed by atoms with E-state index in [9.17, 15) is 9.59 Å². The van der Waals surface area contributed by atoms with E-state index in [-0.39, 0.29) is 5.91 Å². The van der Waals surface area contributed by atoms with E-state index in [1.807, 2.05) is 4.90 Å². The molecule has 2 rings (SSSR count). The molecule has 1 N–H and O–H groups in total. The molecule has 1 aliphatic heterocycles. The Kier molecular flexibility index (Phi) is 8.54. The first kappa shape index (κ1) is 21.7. The third-order valence-corrected chi connectivity index (χ3v) is 5.87. The third-order valence-electron chi connectivity index (χ3n) is 4.87. The highest BCUT2D eigenvalue weighted by atomic mass is 32.1. The zero-order valence-corrected chi connectivity index (χ0v) is 17.9. The number of unbranched alkanes of at least 4 members (excludes halogenated alkanes) is 1. The summed E-state index contributed by atoms with van der Waals surface area (Å²) in [6.07, 6.45) is 5.29. The van der Waals surface area contributed by atoms with Gasteiger partial charge in [-0.2, -0.15) is 0 Å². The van der Waals surface area contributed by atoms with Crippen LogP contribution in [-0.2, 0) is 22.5 Å². The van der Waals surface area contributed by atoms with Gasteiger partial charge in [0, 0.05) is 24.3 Å². The zero-order chi connectivity index (χ0) is 19.8. The number of anilines is 1. The minimum absolute atomic E-state index is 0.190. The van der Waals surface area contributed by atoms with Crippen LogP contribution in [0, 0.1) is 11.8 Å². The van der Waals surface area contributed by atoms with Crippen LogP contribution in [0.15, 0.2) is 0 Å². The van der Waals surface area contributed by atoms with Crippen molar-refractivity contribution in [3.8, 4) is 0 Å². The summed E-state index contributed by atoms with van der Waals surface area (Å²) in [7, 11) is 0. The number of nitrogens with zero attached hydrogens (tertiary/aromatic N) is 2. The van der Waals surface area contributed by atoms with Gasteiger partial charge in [-0.3, -0.25) is 10.1 Å². The molecule has 0 radical (unpaired) electrons. The minimum Gasteiger partial charge on any atom is -0.449 e. The molecule has 6 nitrogen and oxygen atoms in total. The molecule has 7 heteroatoms. The van der Waals surface area contributed by atoms with E-state index in [4.69, 9.17) is 4.74 Å². The summed E-state index contributed by atoms with van der Waals surface area (Å²) in [6.45, 7) is 10.1. The smallest absolute Gasteiger partial charge is 0.413 e. The fourth-order valence-electron chi connectivity index (χ4n) is 3.16. The van der Waals surface area contributed by atoms with Gasteiger partial charge >= 0.3 is 6.09 Å². The molecule has 1 unspecified atom stereocenters. The average Bonchev–Trinajstić information content (AvgIpc) is 3.02. The highest BCUT2D eigenvalue weighted by Gasteiger charge is 2.25. The maximum atomic E-state index is 12.3. The van der Waals surface area contributed by atoms with Gasteiger partial charge in [-0.15, -0.1) is 0 Å². The van der Waals surface area contributed by atoms with E-state index < -0.39 is 6.09 Å². The number of hydrogen-bond acceptors (Lipinski definition) is 5. The van der Waals surface area contributed by atoms with E-state index in [2.05, 4.69) is 38.0 Å². The fourth-order valence-corrected chi connectivity index (χ4v) is 4.16. The number of thiazole rings is 1. The van der Waals surface area contributed by atoms with Crippen molar-refractivity contribution in [3.05, 3.63) is 10.6 Å². The van der Waals surface area contributed by atoms with Crippen LogP contribution in [0.1, 0.15) is 70.4 Å². The summed E-state index contributed by atoms with van der Waals surface area (Å²) in [5, 5.41) is 3.31. The van der Waals surface area contributed by atoms with Gasteiger partial charge in [-0.1, -0.05) is 58.3 Å². The van der Waals surface area contributed by atoms with Crippen LogP contribution < -0.4 is 5.32 Å². The molecule has 2 heterocycles. The van der Waals surface area contributed by atoms with E-state index in [1.54, 1.807) is 0 Å². The Bertz CT molecular complexity index is 630. The molecule has 0 aromatic carbocycles. The molecule has 152 valence electrons. The van der Waals surface area contributed by atoms with Crippen LogP contribution in [0.4, 0.5) is 9.93 Å². The second-order valence-corrected chi connectivity index (χ2v) is 8.78. The molecule has 0 fully saturated rings. The summed E-state index contributed by atoms with van der Waals surface area (Å²) in [5.41, 5.74) is 0.985. The van der Waals surface area contributed by atoms with Crippen molar-refractivity contribution in [2.45, 2.75) is 72.8 Å². The maximum absolute atomic E-state index is 12.3. The lowest BCUT2D eigenvalue weighted by atomic mass is 10.0. The molecule has 1 aromatic rings. The van der Waals surface area contributed by atoms with E-state index in [0.29, 0.717) is 43.1 Å². The SMILES string of the molecule is CCCCC(CC)COC(=O)Nc1nc2c(s1)CN(C(=O)CC(C)C)CC2. The number of carbonyl (C=O) groups excluding carboxylic acids is 2. The van der Waals surface area contributed by atoms with Crippen molar-refractivity contribution in [3.63, 3.8) is 0 Å². The Morgan fingerprint density at radius 1 is 1.33 bits per heavy atom. The number of aromatic nitrogens is 1. The monoisotopic (exact) mass is 395 g/mol. The third kappa shape index (κ3) is 6.79. The Morgan fingerprint density at radius 3 is 2.78 bits per heavy atom. The van der Waals surface area contributed by atoms with Crippen molar-refractivity contribution in [1.82, 2.24) is 9.88 Å². The molecule has 27 heavy (non-hydrogen) atoms. The van der Waals surface area contributed by atoms with E-state index >= 15 is 0 Å². The van der Waals surface area contributed by atoms with Crippen molar-refractivity contribution < 1.29 is 14.3 Å². The Balaban J connectivity index is 1.85. The lowest BCUT2D eigenvalue weighted by Crippen LogP contribution is -2.36. The Labute approximate surface area is 166 Å².